The van der Waals surface area contributed by atoms with Crippen molar-refractivity contribution in [2.24, 2.45) is 0 Å². The lowest BCUT2D eigenvalue weighted by Gasteiger charge is -2.46. The number of carbonyl (C=O) groups is 3. The van der Waals surface area contributed by atoms with Crippen LogP contribution in [0, 0.1) is 0 Å². The maximum atomic E-state index is 12.3. The highest BCUT2D eigenvalue weighted by Gasteiger charge is 2.33. The number of rotatable bonds is 5. The van der Waals surface area contributed by atoms with Crippen molar-refractivity contribution in [1.82, 2.24) is 10.2 Å². The SMILES string of the molecule is C[C@@H]1CN(CC(=O)OC(C)(C)C)C[C@H](C)N1c1cccc(N(C)C2CCC(=O)NC2=O)c1. The molecule has 2 aliphatic heterocycles. The molecular formula is C24H36N4O4. The summed E-state index contributed by atoms with van der Waals surface area (Å²) in [4.78, 5) is 42.5. The van der Waals surface area contributed by atoms with Crippen LogP contribution in [0.2, 0.25) is 0 Å². The van der Waals surface area contributed by atoms with Crippen LogP contribution in [0.25, 0.3) is 0 Å². The van der Waals surface area contributed by atoms with Crippen LogP contribution in [-0.4, -0.2) is 73.1 Å². The van der Waals surface area contributed by atoms with E-state index < -0.39 is 5.60 Å². The molecule has 2 heterocycles. The van der Waals surface area contributed by atoms with Gasteiger partial charge in [0.25, 0.3) is 0 Å². The number of piperazine rings is 1. The summed E-state index contributed by atoms with van der Waals surface area (Å²) in [6, 6.07) is 8.22. The van der Waals surface area contributed by atoms with Crippen molar-refractivity contribution in [3.05, 3.63) is 24.3 Å². The molecule has 0 saturated carbocycles. The van der Waals surface area contributed by atoms with E-state index in [1.54, 1.807) is 0 Å². The van der Waals surface area contributed by atoms with Crippen LogP contribution in [0.15, 0.2) is 24.3 Å². The van der Waals surface area contributed by atoms with E-state index in [-0.39, 0.29) is 42.5 Å². The number of carbonyl (C=O) groups excluding carboxylic acids is 3. The standard InChI is InChI=1S/C24H36N4O4/c1-16-13-27(15-22(30)32-24(3,4)5)14-17(2)28(16)19-9-7-8-18(12-19)26(6)20-10-11-21(29)25-23(20)31/h7-9,12,16-17,20H,10-11,13-15H2,1-6H3,(H,25,29,31)/t16-,17+,20?. The normalized spacial score (nSPS) is 24.8. The molecule has 1 aromatic rings. The topological polar surface area (TPSA) is 82.2 Å². The largest absolute Gasteiger partial charge is 0.459 e. The molecule has 0 aromatic heterocycles. The first-order valence-corrected chi connectivity index (χ1v) is 11.3. The number of nitrogens with zero attached hydrogens (tertiary/aromatic N) is 3. The van der Waals surface area contributed by atoms with Crippen molar-refractivity contribution >= 4 is 29.2 Å². The Kier molecular flexibility index (Phi) is 7.12. The third-order valence-electron chi connectivity index (χ3n) is 5.98. The lowest BCUT2D eigenvalue weighted by Crippen LogP contribution is -2.58. The molecule has 8 heteroatoms. The number of nitrogens with one attached hydrogen (secondary N) is 1. The minimum Gasteiger partial charge on any atom is -0.459 e. The van der Waals surface area contributed by atoms with Crippen molar-refractivity contribution in [2.45, 2.75) is 71.2 Å². The molecule has 0 spiro atoms. The third kappa shape index (κ3) is 5.79. The summed E-state index contributed by atoms with van der Waals surface area (Å²) < 4.78 is 5.48. The predicted octanol–water partition coefficient (Wildman–Crippen LogP) is 2.17. The third-order valence-corrected chi connectivity index (χ3v) is 5.98. The zero-order valence-electron chi connectivity index (χ0n) is 20.1. The van der Waals surface area contributed by atoms with Crippen LogP contribution >= 0.6 is 0 Å². The highest BCUT2D eigenvalue weighted by Crippen LogP contribution is 2.29. The van der Waals surface area contributed by atoms with E-state index in [2.05, 4.69) is 41.1 Å². The van der Waals surface area contributed by atoms with Gasteiger partial charge in [-0.05, 0) is 59.2 Å². The maximum Gasteiger partial charge on any atom is 0.320 e. The fraction of sp³-hybridized carbons (Fsp3) is 0.625. The van der Waals surface area contributed by atoms with Gasteiger partial charge in [0.2, 0.25) is 11.8 Å². The molecule has 2 saturated heterocycles. The summed E-state index contributed by atoms with van der Waals surface area (Å²) >= 11 is 0. The van der Waals surface area contributed by atoms with Crippen LogP contribution < -0.4 is 15.1 Å². The number of hydrogen-bond acceptors (Lipinski definition) is 7. The van der Waals surface area contributed by atoms with E-state index >= 15 is 0 Å². The quantitative estimate of drug-likeness (QED) is 0.551. The van der Waals surface area contributed by atoms with Gasteiger partial charge in [-0.2, -0.15) is 0 Å². The summed E-state index contributed by atoms with van der Waals surface area (Å²) in [5.74, 6) is -0.648. The highest BCUT2D eigenvalue weighted by atomic mass is 16.6. The first-order chi connectivity index (χ1) is 14.9. The van der Waals surface area contributed by atoms with E-state index in [0.717, 1.165) is 24.5 Å². The van der Waals surface area contributed by atoms with Gasteiger partial charge in [-0.1, -0.05) is 6.07 Å². The lowest BCUT2D eigenvalue weighted by atomic mass is 10.0. The van der Waals surface area contributed by atoms with Crippen LogP contribution in [0.3, 0.4) is 0 Å². The Balaban J connectivity index is 1.69. The predicted molar refractivity (Wildman–Crippen MR) is 125 cm³/mol. The van der Waals surface area contributed by atoms with Crippen LogP contribution in [0.4, 0.5) is 11.4 Å². The summed E-state index contributed by atoms with van der Waals surface area (Å²) in [7, 11) is 1.89. The molecular weight excluding hydrogens is 408 g/mol. The number of esters is 1. The molecule has 1 aromatic carbocycles. The van der Waals surface area contributed by atoms with Crippen molar-refractivity contribution in [2.75, 3.05) is 36.5 Å². The number of benzene rings is 1. The minimum absolute atomic E-state index is 0.196. The van der Waals surface area contributed by atoms with Crippen molar-refractivity contribution < 1.29 is 19.1 Å². The van der Waals surface area contributed by atoms with E-state index in [1.165, 1.54) is 0 Å². The van der Waals surface area contributed by atoms with E-state index in [0.29, 0.717) is 12.8 Å². The van der Waals surface area contributed by atoms with Crippen molar-refractivity contribution in [1.29, 1.82) is 0 Å². The number of hydrogen-bond donors (Lipinski definition) is 1. The summed E-state index contributed by atoms with van der Waals surface area (Å²) in [5.41, 5.74) is 1.54. The second-order valence-corrected chi connectivity index (χ2v) is 9.98. The summed E-state index contributed by atoms with van der Waals surface area (Å²) in [6.07, 6.45) is 0.871. The smallest absolute Gasteiger partial charge is 0.320 e. The first-order valence-electron chi connectivity index (χ1n) is 11.3. The number of anilines is 2. The number of imide groups is 1. The number of likely N-dealkylation sites (N-methyl/N-ethyl adjacent to an activating group) is 1. The molecule has 0 radical (unpaired) electrons. The molecule has 3 atom stereocenters. The van der Waals surface area contributed by atoms with Crippen molar-refractivity contribution in [3.8, 4) is 0 Å². The highest BCUT2D eigenvalue weighted by molar-refractivity contribution is 6.01. The molecule has 0 bridgehead atoms. The van der Waals surface area contributed by atoms with Gasteiger partial charge in [-0.3, -0.25) is 24.6 Å². The molecule has 1 N–H and O–H groups in total. The Morgan fingerprint density at radius 3 is 2.44 bits per heavy atom. The van der Waals surface area contributed by atoms with Gasteiger partial charge in [0.1, 0.15) is 11.6 Å². The van der Waals surface area contributed by atoms with Crippen LogP contribution in [-0.2, 0) is 19.1 Å². The Morgan fingerprint density at radius 1 is 1.19 bits per heavy atom. The molecule has 2 amide bonds. The molecule has 176 valence electrons. The Hall–Kier alpha value is -2.61. The lowest BCUT2D eigenvalue weighted by molar-refractivity contribution is -0.156. The molecule has 8 nitrogen and oxygen atoms in total. The Morgan fingerprint density at radius 2 is 1.84 bits per heavy atom. The first kappa shape index (κ1) is 24.0. The molecule has 32 heavy (non-hydrogen) atoms. The van der Waals surface area contributed by atoms with Gasteiger partial charge < -0.3 is 14.5 Å². The van der Waals surface area contributed by atoms with Gasteiger partial charge in [-0.25, -0.2) is 0 Å². The zero-order chi connectivity index (χ0) is 23.6. The van der Waals surface area contributed by atoms with Gasteiger partial charge in [-0.15, -0.1) is 0 Å². The van der Waals surface area contributed by atoms with E-state index in [9.17, 15) is 14.4 Å². The van der Waals surface area contributed by atoms with Gasteiger partial charge >= 0.3 is 5.97 Å². The summed E-state index contributed by atoms with van der Waals surface area (Å²) in [6.45, 7) is 11.8. The minimum atomic E-state index is -0.481. The van der Waals surface area contributed by atoms with Gasteiger partial charge in [0, 0.05) is 50.0 Å². The number of ether oxygens (including phenoxy) is 1. The Labute approximate surface area is 190 Å². The summed E-state index contributed by atoms with van der Waals surface area (Å²) in [5, 5.41) is 2.43. The van der Waals surface area contributed by atoms with Gasteiger partial charge in [0.15, 0.2) is 0 Å². The molecule has 2 fully saturated rings. The van der Waals surface area contributed by atoms with Crippen LogP contribution in [0.5, 0.6) is 0 Å². The molecule has 1 unspecified atom stereocenters. The molecule has 3 rings (SSSR count). The monoisotopic (exact) mass is 444 g/mol. The second kappa shape index (κ2) is 9.48. The Bertz CT molecular complexity index is 854. The number of amides is 2. The zero-order valence-corrected chi connectivity index (χ0v) is 20.1. The van der Waals surface area contributed by atoms with Crippen molar-refractivity contribution in [3.63, 3.8) is 0 Å². The average molecular weight is 445 g/mol. The van der Waals surface area contributed by atoms with E-state index in [1.807, 2.05) is 44.9 Å². The number of piperidine rings is 1. The molecule has 2 aliphatic rings. The fourth-order valence-electron chi connectivity index (χ4n) is 4.73. The van der Waals surface area contributed by atoms with Crippen LogP contribution in [0.1, 0.15) is 47.5 Å². The average Bonchev–Trinajstić information content (AvgIpc) is 2.65. The fourth-order valence-corrected chi connectivity index (χ4v) is 4.73. The van der Waals surface area contributed by atoms with E-state index in [4.69, 9.17) is 4.74 Å². The maximum absolute atomic E-state index is 12.3. The molecule has 0 aliphatic carbocycles. The van der Waals surface area contributed by atoms with Gasteiger partial charge in [0.05, 0.1) is 6.54 Å². The second-order valence-electron chi connectivity index (χ2n) is 9.98.